The first kappa shape index (κ1) is 16.9. The zero-order valence-electron chi connectivity index (χ0n) is 15.1. The highest BCUT2D eigenvalue weighted by Crippen LogP contribution is 2.27. The number of carbonyl (C=O) groups is 1. The van der Waals surface area contributed by atoms with Crippen molar-refractivity contribution in [1.29, 1.82) is 0 Å². The predicted molar refractivity (Wildman–Crippen MR) is 104 cm³/mol. The number of likely N-dealkylation sites (tertiary alicyclic amines) is 1. The number of carboxylic acids is 1. The number of para-hydroxylation sites is 1. The van der Waals surface area contributed by atoms with Crippen molar-refractivity contribution < 1.29 is 9.90 Å². The van der Waals surface area contributed by atoms with E-state index < -0.39 is 5.97 Å². The van der Waals surface area contributed by atoms with E-state index in [1.807, 2.05) is 0 Å². The van der Waals surface area contributed by atoms with Gasteiger partial charge in [0.05, 0.1) is 11.4 Å². The normalized spacial score (nSPS) is 16.2. The summed E-state index contributed by atoms with van der Waals surface area (Å²) in [6.07, 6.45) is 1.47. The summed E-state index contributed by atoms with van der Waals surface area (Å²) in [6.45, 7) is 4.64. The number of aromatic nitrogens is 1. The van der Waals surface area contributed by atoms with E-state index >= 15 is 0 Å². The van der Waals surface area contributed by atoms with Gasteiger partial charge in [-0.15, -0.1) is 0 Å². The maximum absolute atomic E-state index is 11.2. The number of hydrogen-bond acceptors (Lipinski definition) is 2. The molecule has 0 radical (unpaired) electrons. The second-order valence-electron chi connectivity index (χ2n) is 7.26. The summed E-state index contributed by atoms with van der Waals surface area (Å²) in [5, 5.41) is 10.4. The van der Waals surface area contributed by atoms with Gasteiger partial charge in [-0.05, 0) is 62.7 Å². The quantitative estimate of drug-likeness (QED) is 0.767. The minimum atomic E-state index is -0.654. The zero-order chi connectivity index (χ0) is 18.1. The third-order valence-electron chi connectivity index (χ3n) is 5.37. The van der Waals surface area contributed by atoms with Crippen LogP contribution in [0.25, 0.3) is 16.6 Å². The molecular formula is C22H24N2O2. The lowest BCUT2D eigenvalue weighted by Crippen LogP contribution is -2.36. The van der Waals surface area contributed by atoms with Gasteiger partial charge in [0.25, 0.3) is 0 Å². The maximum atomic E-state index is 11.2. The summed E-state index contributed by atoms with van der Waals surface area (Å²) in [6, 6.07) is 19.3. The van der Waals surface area contributed by atoms with E-state index in [0.717, 1.165) is 32.5 Å². The van der Waals surface area contributed by atoms with Crippen molar-refractivity contribution in [2.24, 2.45) is 5.92 Å². The third kappa shape index (κ3) is 3.25. The van der Waals surface area contributed by atoms with Crippen molar-refractivity contribution in [1.82, 2.24) is 9.47 Å². The summed E-state index contributed by atoms with van der Waals surface area (Å²) in [7, 11) is 0. The van der Waals surface area contributed by atoms with Crippen LogP contribution < -0.4 is 0 Å². The van der Waals surface area contributed by atoms with E-state index in [4.69, 9.17) is 0 Å². The largest absolute Gasteiger partial charge is 0.481 e. The van der Waals surface area contributed by atoms with Crippen LogP contribution in [0.15, 0.2) is 54.6 Å². The van der Waals surface area contributed by atoms with Gasteiger partial charge in [0.15, 0.2) is 0 Å². The molecule has 0 saturated carbocycles. The van der Waals surface area contributed by atoms with Gasteiger partial charge in [0.1, 0.15) is 0 Å². The van der Waals surface area contributed by atoms with Crippen molar-refractivity contribution >= 4 is 16.9 Å². The highest BCUT2D eigenvalue weighted by Gasteiger charge is 2.25. The highest BCUT2D eigenvalue weighted by molar-refractivity contribution is 5.83. The fourth-order valence-electron chi connectivity index (χ4n) is 3.97. The van der Waals surface area contributed by atoms with Crippen LogP contribution in [-0.2, 0) is 11.3 Å². The summed E-state index contributed by atoms with van der Waals surface area (Å²) in [5.74, 6) is -0.840. The van der Waals surface area contributed by atoms with Crippen molar-refractivity contribution in [2.75, 3.05) is 13.1 Å². The average molecular weight is 348 g/mol. The Bertz CT molecular complexity index is 936. The molecule has 0 atom stereocenters. The fourth-order valence-corrected chi connectivity index (χ4v) is 3.97. The Morgan fingerprint density at radius 2 is 1.85 bits per heavy atom. The molecule has 0 aliphatic carbocycles. The van der Waals surface area contributed by atoms with Gasteiger partial charge >= 0.3 is 5.97 Å². The fraction of sp³-hybridized carbons (Fsp3) is 0.318. The van der Waals surface area contributed by atoms with Gasteiger partial charge in [-0.3, -0.25) is 9.69 Å². The van der Waals surface area contributed by atoms with Crippen LogP contribution >= 0.6 is 0 Å². The number of hydrogen-bond donors (Lipinski definition) is 1. The number of benzene rings is 2. The molecule has 1 aliphatic heterocycles. The molecule has 0 spiro atoms. The van der Waals surface area contributed by atoms with Gasteiger partial charge in [-0.25, -0.2) is 0 Å². The van der Waals surface area contributed by atoms with Gasteiger partial charge < -0.3 is 9.67 Å². The molecule has 134 valence electrons. The summed E-state index contributed by atoms with van der Waals surface area (Å²) >= 11 is 0. The van der Waals surface area contributed by atoms with Crippen LogP contribution in [0.3, 0.4) is 0 Å². The lowest BCUT2D eigenvalue weighted by atomic mass is 9.97. The second-order valence-corrected chi connectivity index (χ2v) is 7.26. The Balaban J connectivity index is 1.67. The number of aliphatic carboxylic acids is 1. The summed E-state index contributed by atoms with van der Waals surface area (Å²) in [4.78, 5) is 13.6. The van der Waals surface area contributed by atoms with Crippen LogP contribution in [0.2, 0.25) is 0 Å². The van der Waals surface area contributed by atoms with Crippen molar-refractivity contribution in [3.63, 3.8) is 0 Å². The molecule has 4 nitrogen and oxygen atoms in total. The van der Waals surface area contributed by atoms with Gasteiger partial charge in [-0.2, -0.15) is 0 Å². The van der Waals surface area contributed by atoms with Crippen LogP contribution in [-0.4, -0.2) is 33.6 Å². The smallest absolute Gasteiger partial charge is 0.306 e. The molecule has 3 aromatic rings. The summed E-state index contributed by atoms with van der Waals surface area (Å²) in [5.41, 5.74) is 4.90. The first-order valence-electron chi connectivity index (χ1n) is 9.23. The SMILES string of the molecule is Cc1cccc(-n2c(CN3CCC(C(=O)O)CC3)cc3ccccc32)c1. The number of nitrogens with zero attached hydrogens (tertiary/aromatic N) is 2. The van der Waals surface area contributed by atoms with E-state index in [9.17, 15) is 9.90 Å². The first-order chi connectivity index (χ1) is 12.6. The first-order valence-corrected chi connectivity index (χ1v) is 9.23. The lowest BCUT2D eigenvalue weighted by molar-refractivity contribution is -0.143. The Kier molecular flexibility index (Phi) is 4.51. The molecule has 2 heterocycles. The zero-order valence-corrected chi connectivity index (χ0v) is 15.1. The highest BCUT2D eigenvalue weighted by atomic mass is 16.4. The standard InChI is InChI=1S/C22H24N2O2/c1-16-5-4-7-19(13-16)24-20(14-18-6-2-3-8-21(18)24)15-23-11-9-17(10-12-23)22(25)26/h2-8,13-14,17H,9-12,15H2,1H3,(H,25,26). The van der Waals surface area contributed by atoms with E-state index in [0.29, 0.717) is 0 Å². The van der Waals surface area contributed by atoms with Gasteiger partial charge in [0.2, 0.25) is 0 Å². The topological polar surface area (TPSA) is 45.5 Å². The van der Waals surface area contributed by atoms with Crippen LogP contribution in [0.4, 0.5) is 0 Å². The molecule has 1 N–H and O–H groups in total. The van der Waals surface area contributed by atoms with E-state index in [1.54, 1.807) is 0 Å². The Morgan fingerprint density at radius 3 is 2.58 bits per heavy atom. The lowest BCUT2D eigenvalue weighted by Gasteiger charge is -2.30. The minimum absolute atomic E-state index is 0.186. The summed E-state index contributed by atoms with van der Waals surface area (Å²) < 4.78 is 2.34. The maximum Gasteiger partial charge on any atom is 0.306 e. The predicted octanol–water partition coefficient (Wildman–Crippen LogP) is 4.24. The molecule has 1 saturated heterocycles. The average Bonchev–Trinajstić information content (AvgIpc) is 3.00. The number of fused-ring (bicyclic) bond motifs is 1. The Labute approximate surface area is 153 Å². The number of aryl methyl sites for hydroxylation is 1. The molecule has 1 fully saturated rings. The second kappa shape index (κ2) is 6.96. The molecule has 0 bridgehead atoms. The molecule has 0 amide bonds. The van der Waals surface area contributed by atoms with Crippen LogP contribution in [0.5, 0.6) is 0 Å². The molecule has 2 aromatic carbocycles. The molecule has 4 rings (SSSR count). The minimum Gasteiger partial charge on any atom is -0.481 e. The van der Waals surface area contributed by atoms with Crippen LogP contribution in [0, 0.1) is 12.8 Å². The third-order valence-corrected chi connectivity index (χ3v) is 5.37. The van der Waals surface area contributed by atoms with E-state index in [-0.39, 0.29) is 5.92 Å². The molecule has 1 aliphatic rings. The van der Waals surface area contributed by atoms with Crippen molar-refractivity contribution in [3.05, 3.63) is 65.9 Å². The number of rotatable bonds is 4. The van der Waals surface area contributed by atoms with Gasteiger partial charge in [0, 0.05) is 23.3 Å². The number of carboxylic acid groups (broad SMARTS) is 1. The Morgan fingerprint density at radius 1 is 1.08 bits per heavy atom. The van der Waals surface area contributed by atoms with E-state index in [2.05, 4.69) is 71.0 Å². The van der Waals surface area contributed by atoms with Crippen LogP contribution in [0.1, 0.15) is 24.1 Å². The Hall–Kier alpha value is -2.59. The van der Waals surface area contributed by atoms with E-state index in [1.165, 1.54) is 27.8 Å². The molecule has 4 heteroatoms. The van der Waals surface area contributed by atoms with Crippen molar-refractivity contribution in [2.45, 2.75) is 26.3 Å². The van der Waals surface area contributed by atoms with Gasteiger partial charge in [-0.1, -0.05) is 30.3 Å². The molecule has 1 aromatic heterocycles. The molecule has 0 unspecified atom stereocenters. The molecular weight excluding hydrogens is 324 g/mol. The van der Waals surface area contributed by atoms with Crippen molar-refractivity contribution in [3.8, 4) is 5.69 Å². The number of piperidine rings is 1. The monoisotopic (exact) mass is 348 g/mol. The molecule has 26 heavy (non-hydrogen) atoms.